The van der Waals surface area contributed by atoms with Crippen molar-refractivity contribution in [3.8, 4) is 0 Å². The molecule has 1 aliphatic rings. The quantitative estimate of drug-likeness (QED) is 0.925. The molecule has 1 aliphatic heterocycles. The Morgan fingerprint density at radius 1 is 1.26 bits per heavy atom. The minimum atomic E-state index is -0.619. The molecule has 100 valence electrons. The molecule has 0 saturated carbocycles. The maximum atomic E-state index is 11.4. The number of nitrogens with zero attached hydrogens (tertiary/aromatic N) is 1. The van der Waals surface area contributed by atoms with E-state index >= 15 is 0 Å². The van der Waals surface area contributed by atoms with Crippen LogP contribution in [0.15, 0.2) is 30.5 Å². The van der Waals surface area contributed by atoms with E-state index in [-0.39, 0.29) is 0 Å². The van der Waals surface area contributed by atoms with E-state index in [9.17, 15) is 4.21 Å². The molecule has 1 N–H and O–H groups in total. The molecule has 0 atom stereocenters. The number of pyridine rings is 1. The molecule has 2 heterocycles. The first-order valence-electron chi connectivity index (χ1n) is 6.38. The smallest absolute Gasteiger partial charge is 0.0737 e. The summed E-state index contributed by atoms with van der Waals surface area (Å²) in [6, 6.07) is 8.14. The van der Waals surface area contributed by atoms with Crippen molar-refractivity contribution >= 4 is 39.0 Å². The first-order chi connectivity index (χ1) is 9.22. The van der Waals surface area contributed by atoms with Gasteiger partial charge in [0.15, 0.2) is 0 Å². The highest BCUT2D eigenvalue weighted by Crippen LogP contribution is 2.26. The summed E-state index contributed by atoms with van der Waals surface area (Å²) >= 11 is 5.98. The zero-order chi connectivity index (χ0) is 13.2. The van der Waals surface area contributed by atoms with Crippen LogP contribution < -0.4 is 5.32 Å². The predicted octanol–water partition coefficient (Wildman–Crippen LogP) is 3.21. The number of halogens is 1. The van der Waals surface area contributed by atoms with Crippen molar-refractivity contribution in [1.82, 2.24) is 4.98 Å². The monoisotopic (exact) mass is 294 g/mol. The van der Waals surface area contributed by atoms with E-state index in [2.05, 4.69) is 10.3 Å². The summed E-state index contributed by atoms with van der Waals surface area (Å²) in [7, 11) is -0.619. The zero-order valence-corrected chi connectivity index (χ0v) is 12.0. The maximum Gasteiger partial charge on any atom is 0.0737 e. The number of benzene rings is 1. The van der Waals surface area contributed by atoms with Gasteiger partial charge in [0.05, 0.1) is 5.52 Å². The van der Waals surface area contributed by atoms with Crippen molar-refractivity contribution in [2.45, 2.75) is 18.9 Å². The van der Waals surface area contributed by atoms with Gasteiger partial charge in [-0.3, -0.25) is 9.19 Å². The summed E-state index contributed by atoms with van der Waals surface area (Å²) < 4.78 is 11.4. The van der Waals surface area contributed by atoms with Crippen LogP contribution >= 0.6 is 11.6 Å². The van der Waals surface area contributed by atoms with E-state index in [1.54, 1.807) is 6.20 Å². The van der Waals surface area contributed by atoms with Crippen molar-refractivity contribution in [2.24, 2.45) is 0 Å². The van der Waals surface area contributed by atoms with Gasteiger partial charge in [-0.15, -0.1) is 0 Å². The fraction of sp³-hybridized carbons (Fsp3) is 0.357. The molecule has 0 spiro atoms. The number of fused-ring (bicyclic) bond motifs is 1. The molecular formula is C14H15ClN2OS. The predicted molar refractivity (Wildman–Crippen MR) is 81.3 cm³/mol. The Morgan fingerprint density at radius 2 is 2.05 bits per heavy atom. The summed E-state index contributed by atoms with van der Waals surface area (Å²) in [6.45, 7) is 0. The van der Waals surface area contributed by atoms with Gasteiger partial charge in [0.2, 0.25) is 0 Å². The molecule has 0 aliphatic carbocycles. The second-order valence-electron chi connectivity index (χ2n) is 4.79. The number of anilines is 1. The molecule has 3 nitrogen and oxygen atoms in total. The number of aromatic nitrogens is 1. The summed E-state index contributed by atoms with van der Waals surface area (Å²) in [5.41, 5.74) is 1.98. The zero-order valence-electron chi connectivity index (χ0n) is 10.4. The second kappa shape index (κ2) is 5.47. The van der Waals surface area contributed by atoms with Crippen LogP contribution in [0.2, 0.25) is 5.02 Å². The molecule has 1 saturated heterocycles. The van der Waals surface area contributed by atoms with Gasteiger partial charge in [0.25, 0.3) is 0 Å². The van der Waals surface area contributed by atoms with E-state index in [0.29, 0.717) is 11.1 Å². The summed E-state index contributed by atoms with van der Waals surface area (Å²) in [5.74, 6) is 1.60. The second-order valence-corrected chi connectivity index (χ2v) is 6.92. The number of rotatable bonds is 2. The standard InChI is InChI=1S/C14H15ClN2OS/c15-10-1-2-12-13(3-6-16-14(12)9-10)17-11-4-7-19(18)8-5-11/h1-3,6,9,11H,4-5,7-8H2,(H,16,17). The van der Waals surface area contributed by atoms with Gasteiger partial charge >= 0.3 is 0 Å². The van der Waals surface area contributed by atoms with Gasteiger partial charge in [-0.25, -0.2) is 0 Å². The van der Waals surface area contributed by atoms with E-state index in [4.69, 9.17) is 11.6 Å². The van der Waals surface area contributed by atoms with Crippen LogP contribution in [-0.4, -0.2) is 26.7 Å². The highest BCUT2D eigenvalue weighted by atomic mass is 35.5. The Bertz CT molecular complexity index is 622. The van der Waals surface area contributed by atoms with Gasteiger partial charge in [0, 0.05) is 50.6 Å². The molecule has 1 aromatic carbocycles. The van der Waals surface area contributed by atoms with Crippen LogP contribution in [0.4, 0.5) is 5.69 Å². The minimum Gasteiger partial charge on any atom is -0.382 e. The topological polar surface area (TPSA) is 42.0 Å². The normalized spacial score (nSPS) is 23.4. The Labute approximate surface area is 119 Å². The molecule has 0 amide bonds. The molecule has 5 heteroatoms. The van der Waals surface area contributed by atoms with E-state index < -0.39 is 10.8 Å². The van der Waals surface area contributed by atoms with Crippen molar-refractivity contribution in [1.29, 1.82) is 0 Å². The summed E-state index contributed by atoms with van der Waals surface area (Å²) in [5, 5.41) is 5.33. The Morgan fingerprint density at radius 3 is 2.84 bits per heavy atom. The molecule has 1 fully saturated rings. The Balaban J connectivity index is 1.86. The Kier molecular flexibility index (Phi) is 3.71. The lowest BCUT2D eigenvalue weighted by Gasteiger charge is -2.24. The highest BCUT2D eigenvalue weighted by molar-refractivity contribution is 7.85. The van der Waals surface area contributed by atoms with Crippen molar-refractivity contribution in [2.75, 3.05) is 16.8 Å². The first-order valence-corrected chi connectivity index (χ1v) is 8.25. The van der Waals surface area contributed by atoms with Crippen molar-refractivity contribution in [3.63, 3.8) is 0 Å². The van der Waals surface area contributed by atoms with Gasteiger partial charge in [-0.2, -0.15) is 0 Å². The largest absolute Gasteiger partial charge is 0.382 e. The number of hydrogen-bond acceptors (Lipinski definition) is 3. The lowest BCUT2D eigenvalue weighted by atomic mass is 10.1. The lowest BCUT2D eigenvalue weighted by molar-refractivity contribution is 0.624. The fourth-order valence-corrected chi connectivity index (χ4v) is 3.87. The summed E-state index contributed by atoms with van der Waals surface area (Å²) in [4.78, 5) is 4.33. The SMILES string of the molecule is O=S1CCC(Nc2ccnc3cc(Cl)ccc23)CC1. The van der Waals surface area contributed by atoms with Crippen molar-refractivity contribution in [3.05, 3.63) is 35.5 Å². The molecule has 0 radical (unpaired) electrons. The van der Waals surface area contributed by atoms with Crippen LogP contribution in [0.25, 0.3) is 10.9 Å². The van der Waals surface area contributed by atoms with Crippen LogP contribution in [0.1, 0.15) is 12.8 Å². The van der Waals surface area contributed by atoms with Crippen LogP contribution in [-0.2, 0) is 10.8 Å². The fourth-order valence-electron chi connectivity index (χ4n) is 2.41. The third-order valence-electron chi connectivity index (χ3n) is 3.45. The first kappa shape index (κ1) is 12.9. The van der Waals surface area contributed by atoms with Crippen LogP contribution in [0.3, 0.4) is 0 Å². The highest BCUT2D eigenvalue weighted by Gasteiger charge is 2.18. The number of hydrogen-bond donors (Lipinski definition) is 1. The van der Waals surface area contributed by atoms with Gasteiger partial charge in [-0.1, -0.05) is 11.6 Å². The molecule has 3 rings (SSSR count). The Hall–Kier alpha value is -1.13. The molecule has 19 heavy (non-hydrogen) atoms. The van der Waals surface area contributed by atoms with Crippen LogP contribution in [0.5, 0.6) is 0 Å². The average Bonchev–Trinajstić information content (AvgIpc) is 2.41. The molecule has 1 aromatic heterocycles. The van der Waals surface area contributed by atoms with Crippen LogP contribution in [0, 0.1) is 0 Å². The lowest BCUT2D eigenvalue weighted by Crippen LogP contribution is -2.29. The van der Waals surface area contributed by atoms with Gasteiger partial charge < -0.3 is 5.32 Å². The minimum absolute atomic E-state index is 0.402. The number of nitrogens with one attached hydrogen (secondary N) is 1. The third-order valence-corrected chi connectivity index (χ3v) is 5.07. The van der Waals surface area contributed by atoms with E-state index in [0.717, 1.165) is 40.9 Å². The van der Waals surface area contributed by atoms with Gasteiger partial charge in [0.1, 0.15) is 0 Å². The molecule has 0 bridgehead atoms. The maximum absolute atomic E-state index is 11.4. The third kappa shape index (κ3) is 2.90. The average molecular weight is 295 g/mol. The van der Waals surface area contributed by atoms with E-state index in [1.165, 1.54) is 0 Å². The van der Waals surface area contributed by atoms with E-state index in [1.807, 2.05) is 24.3 Å². The molecule has 2 aromatic rings. The van der Waals surface area contributed by atoms with Gasteiger partial charge in [-0.05, 0) is 37.1 Å². The molecular weight excluding hydrogens is 280 g/mol. The van der Waals surface area contributed by atoms with Crippen molar-refractivity contribution < 1.29 is 4.21 Å². The summed E-state index contributed by atoms with van der Waals surface area (Å²) in [6.07, 6.45) is 3.72. The molecule has 0 unspecified atom stereocenters.